The van der Waals surface area contributed by atoms with Gasteiger partial charge in [-0.1, -0.05) is 22.4 Å². The summed E-state index contributed by atoms with van der Waals surface area (Å²) in [4.78, 5) is 70.7. The summed E-state index contributed by atoms with van der Waals surface area (Å²) >= 11 is 0. The quantitative estimate of drug-likeness (QED) is 0.151. The lowest BCUT2D eigenvalue weighted by atomic mass is 9.98. The Morgan fingerprint density at radius 1 is 0.562 bits per heavy atom. The van der Waals surface area contributed by atoms with Crippen LogP contribution in [0.1, 0.15) is 38.8 Å². The van der Waals surface area contributed by atoms with E-state index in [0.29, 0.717) is 33.4 Å². The monoisotopic (exact) mass is 650 g/mol. The molecule has 3 aliphatic rings. The maximum absolute atomic E-state index is 13.5. The zero-order valence-electron chi connectivity index (χ0n) is 26.8. The maximum Gasteiger partial charge on any atom is 0.413 e. The van der Waals surface area contributed by atoms with Crippen molar-refractivity contribution in [3.8, 4) is 0 Å². The van der Waals surface area contributed by atoms with Crippen molar-refractivity contribution in [1.29, 1.82) is 0 Å². The zero-order valence-corrected chi connectivity index (χ0v) is 26.8. The molecule has 1 fully saturated rings. The van der Waals surface area contributed by atoms with Gasteiger partial charge in [0, 0.05) is 0 Å². The number of aliphatic hydroxyl groups is 2. The minimum absolute atomic E-state index is 0.0385. The number of amides is 4. The molecule has 48 heavy (non-hydrogen) atoms. The highest BCUT2D eigenvalue weighted by Gasteiger charge is 2.47. The number of aryl methyl sites for hydroxylation is 2. The molecule has 1 saturated heterocycles. The summed E-state index contributed by atoms with van der Waals surface area (Å²) in [6, 6.07) is 7.84. The van der Waals surface area contributed by atoms with Gasteiger partial charge in [0.1, 0.15) is 11.4 Å². The van der Waals surface area contributed by atoms with Gasteiger partial charge in [-0.2, -0.15) is 9.98 Å². The van der Waals surface area contributed by atoms with Crippen molar-refractivity contribution in [3.05, 3.63) is 94.1 Å². The Morgan fingerprint density at radius 3 is 1.23 bits per heavy atom. The lowest BCUT2D eigenvalue weighted by molar-refractivity contribution is -0.112. The lowest BCUT2D eigenvalue weighted by Gasteiger charge is -2.39. The molecule has 1 aliphatic heterocycles. The summed E-state index contributed by atoms with van der Waals surface area (Å²) in [5, 5.41) is 28.5. The molecule has 0 radical (unpaired) electrons. The number of nitrogens with zero attached hydrogens (tertiary/aromatic N) is 6. The molecule has 2 aromatic carbocycles. The molecule has 2 aliphatic carbocycles. The summed E-state index contributed by atoms with van der Waals surface area (Å²) < 4.78 is 0. The van der Waals surface area contributed by atoms with Gasteiger partial charge in [-0.25, -0.2) is 19.4 Å². The zero-order chi connectivity index (χ0) is 34.9. The highest BCUT2D eigenvalue weighted by Crippen LogP contribution is 2.40. The molecule has 1 heterocycles. The molecule has 0 saturated carbocycles. The Morgan fingerprint density at radius 2 is 0.896 bits per heavy atom. The number of urea groups is 2. The van der Waals surface area contributed by atoms with Crippen LogP contribution < -0.4 is 9.80 Å². The van der Waals surface area contributed by atoms with Crippen molar-refractivity contribution in [2.45, 2.75) is 41.5 Å². The van der Waals surface area contributed by atoms with Gasteiger partial charge in [0.05, 0.1) is 22.7 Å². The van der Waals surface area contributed by atoms with Crippen LogP contribution in [0.25, 0.3) is 0 Å². The summed E-state index contributed by atoms with van der Waals surface area (Å²) in [6.45, 7) is 10.0. The normalized spacial score (nSPS) is 17.0. The fraction of sp³-hybridized carbons (Fsp3) is 0.176. The van der Waals surface area contributed by atoms with Crippen molar-refractivity contribution in [2.24, 2.45) is 20.3 Å². The van der Waals surface area contributed by atoms with E-state index in [2.05, 4.69) is 20.3 Å². The van der Waals surface area contributed by atoms with Crippen LogP contribution >= 0.6 is 0 Å². The summed E-state index contributed by atoms with van der Waals surface area (Å²) in [5.41, 5.74) is 3.98. The first-order chi connectivity index (χ1) is 22.7. The van der Waals surface area contributed by atoms with Crippen molar-refractivity contribution in [2.75, 3.05) is 9.80 Å². The molecule has 0 spiro atoms. The van der Waals surface area contributed by atoms with E-state index < -0.39 is 24.2 Å². The van der Waals surface area contributed by atoms with Crippen molar-refractivity contribution >= 4 is 70.0 Å². The highest BCUT2D eigenvalue weighted by molar-refractivity contribution is 6.42. The first-order valence-corrected chi connectivity index (χ1v) is 14.5. The van der Waals surface area contributed by atoms with Gasteiger partial charge >= 0.3 is 24.2 Å². The number of rotatable bonds is 6. The van der Waals surface area contributed by atoms with Gasteiger partial charge in [0.2, 0.25) is 0 Å². The molecule has 244 valence electrons. The van der Waals surface area contributed by atoms with E-state index in [-0.39, 0.29) is 45.7 Å². The van der Waals surface area contributed by atoms with E-state index in [1.807, 2.05) is 0 Å². The van der Waals surface area contributed by atoms with Gasteiger partial charge in [0.15, 0.2) is 11.6 Å². The standard InChI is InChI=1S/C34H30N6O8/c1-17-7-9-27(25(11-17)35-31(43)47-37-23-13-19(3)29(41)20(4)14-23)39-33(45)40(34(39)46)28-10-8-18(2)12-26(28)36-32(44)48-38-24-15-21(5)30(42)22(6)16-24/h7-16H,1-6H3,(H,35,43)(H,36,44). The SMILES string of the molecule is CC1=CC(=NOC(O)=Nc2cc(C)ccc2N2C(=O)N(c3ccc(C)cc3N=C(O)ON=C3C=C(C)C(=O)C(C)=C3)C2=O)C=C(C)C1=O. The third-order valence-electron chi connectivity index (χ3n) is 7.30. The number of carbonyl (C=O) groups is 4. The third kappa shape index (κ3) is 6.72. The lowest BCUT2D eigenvalue weighted by Crippen LogP contribution is -2.65. The third-order valence-corrected chi connectivity index (χ3v) is 7.30. The predicted octanol–water partition coefficient (Wildman–Crippen LogP) is 6.66. The maximum atomic E-state index is 13.5. The summed E-state index contributed by atoms with van der Waals surface area (Å²) in [5.74, 6) is -0.263. The Balaban J connectivity index is 1.38. The van der Waals surface area contributed by atoms with Gasteiger partial charge < -0.3 is 10.2 Å². The number of aliphatic hydroxyl groups excluding tert-OH is 2. The van der Waals surface area contributed by atoms with Crippen LogP contribution in [-0.4, -0.2) is 57.4 Å². The van der Waals surface area contributed by atoms with Gasteiger partial charge in [-0.15, -0.1) is 0 Å². The molecule has 5 rings (SSSR count). The minimum atomic E-state index is -0.869. The van der Waals surface area contributed by atoms with Crippen LogP contribution in [0.4, 0.5) is 32.3 Å². The van der Waals surface area contributed by atoms with E-state index >= 15 is 0 Å². The second kappa shape index (κ2) is 13.1. The topological polar surface area (TPSA) is 183 Å². The Kier molecular flexibility index (Phi) is 9.00. The number of imide groups is 2. The number of allylic oxidation sites excluding steroid dienone is 8. The number of carbonyl (C=O) groups excluding carboxylic acids is 4. The Labute approximate surface area is 274 Å². The molecule has 0 bridgehead atoms. The van der Waals surface area contributed by atoms with Crippen molar-refractivity contribution < 1.29 is 39.1 Å². The van der Waals surface area contributed by atoms with Gasteiger partial charge in [0.25, 0.3) is 0 Å². The van der Waals surface area contributed by atoms with E-state index in [9.17, 15) is 29.4 Å². The second-order valence-corrected chi connectivity index (χ2v) is 11.2. The van der Waals surface area contributed by atoms with Gasteiger partial charge in [-0.05, 0) is 124 Å². The van der Waals surface area contributed by atoms with Crippen LogP contribution in [0, 0.1) is 13.8 Å². The molecule has 0 atom stereocenters. The van der Waals surface area contributed by atoms with E-state index in [1.165, 1.54) is 48.6 Å². The molecular weight excluding hydrogens is 620 g/mol. The van der Waals surface area contributed by atoms with E-state index in [0.717, 1.165) is 9.80 Å². The number of hydrogen-bond donors (Lipinski definition) is 2. The number of benzene rings is 2. The fourth-order valence-corrected chi connectivity index (χ4v) is 4.95. The molecule has 2 aromatic rings. The summed E-state index contributed by atoms with van der Waals surface area (Å²) in [6.07, 6.45) is 4.23. The van der Waals surface area contributed by atoms with Crippen LogP contribution in [0.15, 0.2) is 103 Å². The number of oxime groups is 2. The second-order valence-electron chi connectivity index (χ2n) is 11.2. The van der Waals surface area contributed by atoms with E-state index in [4.69, 9.17) is 9.68 Å². The molecule has 14 heteroatoms. The van der Waals surface area contributed by atoms with Crippen molar-refractivity contribution in [1.82, 2.24) is 0 Å². The number of Topliss-reactive ketones (excluding diaryl/α,β-unsaturated/α-hetero) is 2. The van der Waals surface area contributed by atoms with Crippen molar-refractivity contribution in [3.63, 3.8) is 0 Å². The molecule has 2 N–H and O–H groups in total. The van der Waals surface area contributed by atoms with Gasteiger partial charge in [-0.3, -0.25) is 19.3 Å². The Bertz CT molecular complexity index is 1840. The molecule has 14 nitrogen and oxygen atoms in total. The average Bonchev–Trinajstić information content (AvgIpc) is 3.02. The molecular formula is C34H30N6O8. The fourth-order valence-electron chi connectivity index (χ4n) is 4.95. The highest BCUT2D eigenvalue weighted by atomic mass is 16.7. The van der Waals surface area contributed by atoms with Crippen LogP contribution in [0.3, 0.4) is 0 Å². The smallest absolute Gasteiger partial charge is 0.413 e. The van der Waals surface area contributed by atoms with Crippen LogP contribution in [0.2, 0.25) is 0 Å². The molecule has 0 unspecified atom stereocenters. The molecule has 4 amide bonds. The number of ketones is 2. The number of anilines is 2. The minimum Gasteiger partial charge on any atom is -0.464 e. The predicted molar refractivity (Wildman–Crippen MR) is 180 cm³/mol. The first kappa shape index (κ1) is 32.9. The van der Waals surface area contributed by atoms with E-state index in [1.54, 1.807) is 53.7 Å². The largest absolute Gasteiger partial charge is 0.464 e. The first-order valence-electron chi connectivity index (χ1n) is 14.5. The average molecular weight is 651 g/mol. The van der Waals surface area contributed by atoms with Crippen LogP contribution in [0.5, 0.6) is 0 Å². The molecule has 0 aromatic heterocycles. The number of hydrogen-bond acceptors (Lipinski definition) is 10. The van der Waals surface area contributed by atoms with Crippen LogP contribution in [-0.2, 0) is 19.3 Å². The Hall–Kier alpha value is -6.44. The number of aliphatic imine (C=N–C) groups is 2. The summed E-state index contributed by atoms with van der Waals surface area (Å²) in [7, 11) is 0.